The summed E-state index contributed by atoms with van der Waals surface area (Å²) in [4.78, 5) is 41.9. The molecule has 0 spiro atoms. The molecule has 1 aliphatic rings. The molecule has 202 valence electrons. The van der Waals surface area contributed by atoms with Gasteiger partial charge in [-0.3, -0.25) is 9.59 Å². The zero-order valence-electron chi connectivity index (χ0n) is 22.8. The lowest BCUT2D eigenvalue weighted by Crippen LogP contribution is -2.36. The average Bonchev–Trinajstić information content (AvgIpc) is 3.27. The number of nitrogens with zero attached hydrogens (tertiary/aromatic N) is 2. The molecule has 0 fully saturated rings. The molecule has 4 rings (SSSR count). The van der Waals surface area contributed by atoms with Crippen molar-refractivity contribution in [2.75, 3.05) is 49.8 Å². The second-order valence-electron chi connectivity index (χ2n) is 9.59. The minimum atomic E-state index is -0.469. The number of likely N-dealkylation sites (N-methyl/N-ethyl adjacent to an activating group) is 1. The fraction of sp³-hybridized carbons (Fsp3) is 0.258. The second-order valence-corrected chi connectivity index (χ2v) is 9.59. The van der Waals surface area contributed by atoms with Crippen LogP contribution in [0.15, 0.2) is 72.8 Å². The number of benzene rings is 3. The zero-order chi connectivity index (χ0) is 27.9. The third-order valence-corrected chi connectivity index (χ3v) is 6.48. The van der Waals surface area contributed by atoms with Crippen molar-refractivity contribution in [2.45, 2.75) is 19.8 Å². The Morgan fingerprint density at radius 3 is 2.28 bits per heavy atom. The first-order valence-electron chi connectivity index (χ1n) is 13.0. The topological polar surface area (TPSA) is 91.0 Å². The highest BCUT2D eigenvalue weighted by atomic mass is 16.5. The Balaban J connectivity index is 1.70. The maximum absolute atomic E-state index is 13.2. The molecule has 3 aromatic carbocycles. The highest BCUT2D eigenvalue weighted by Gasteiger charge is 2.29. The zero-order valence-corrected chi connectivity index (χ0v) is 22.8. The van der Waals surface area contributed by atoms with Gasteiger partial charge in [0.15, 0.2) is 0 Å². The molecular formula is C31H34N4O4. The van der Waals surface area contributed by atoms with Crippen LogP contribution in [0.1, 0.15) is 41.3 Å². The molecule has 3 aromatic rings. The normalized spacial score (nSPS) is 13.5. The van der Waals surface area contributed by atoms with Gasteiger partial charge in [0, 0.05) is 36.4 Å². The number of amides is 2. The highest BCUT2D eigenvalue weighted by molar-refractivity contribution is 6.37. The van der Waals surface area contributed by atoms with Gasteiger partial charge in [0.1, 0.15) is 0 Å². The van der Waals surface area contributed by atoms with Crippen LogP contribution in [0, 0.1) is 0 Å². The fourth-order valence-electron chi connectivity index (χ4n) is 4.47. The number of methoxy groups -OCH3 is 1. The van der Waals surface area contributed by atoms with Crippen LogP contribution in [0.3, 0.4) is 0 Å². The van der Waals surface area contributed by atoms with E-state index in [1.807, 2.05) is 80.5 Å². The molecule has 0 saturated heterocycles. The van der Waals surface area contributed by atoms with Gasteiger partial charge in [-0.15, -0.1) is 0 Å². The van der Waals surface area contributed by atoms with E-state index in [1.54, 1.807) is 18.2 Å². The van der Waals surface area contributed by atoms with Crippen LogP contribution < -0.4 is 15.5 Å². The highest BCUT2D eigenvalue weighted by Crippen LogP contribution is 2.38. The first-order valence-corrected chi connectivity index (χ1v) is 13.0. The van der Waals surface area contributed by atoms with Crippen LogP contribution >= 0.6 is 0 Å². The van der Waals surface area contributed by atoms with Crippen molar-refractivity contribution in [2.24, 2.45) is 0 Å². The van der Waals surface area contributed by atoms with Crippen molar-refractivity contribution in [3.05, 3.63) is 89.5 Å². The summed E-state index contributed by atoms with van der Waals surface area (Å²) in [5.41, 5.74) is 5.15. The van der Waals surface area contributed by atoms with E-state index in [4.69, 9.17) is 4.74 Å². The molecule has 0 atom stereocenters. The maximum atomic E-state index is 13.2. The van der Waals surface area contributed by atoms with Gasteiger partial charge in [-0.1, -0.05) is 43.3 Å². The lowest BCUT2D eigenvalue weighted by atomic mass is 9.99. The Hall–Kier alpha value is -4.43. The van der Waals surface area contributed by atoms with Gasteiger partial charge in [0.2, 0.25) is 5.91 Å². The SMILES string of the molecule is CCCC(=O)N(CCN(C)C)c1ccc(NC(=C2C(=O)Nc3cc(C(=O)OC)ccc32)c2ccccc2)cc1. The summed E-state index contributed by atoms with van der Waals surface area (Å²) in [5, 5.41) is 6.33. The van der Waals surface area contributed by atoms with Gasteiger partial charge < -0.3 is 25.2 Å². The number of carbonyl (C=O) groups is 3. The molecule has 39 heavy (non-hydrogen) atoms. The van der Waals surface area contributed by atoms with E-state index < -0.39 is 5.97 Å². The molecular weight excluding hydrogens is 492 g/mol. The summed E-state index contributed by atoms with van der Waals surface area (Å²) in [6, 6.07) is 22.3. The molecule has 0 aromatic heterocycles. The monoisotopic (exact) mass is 526 g/mol. The molecule has 2 N–H and O–H groups in total. The first-order chi connectivity index (χ1) is 18.8. The van der Waals surface area contributed by atoms with Gasteiger partial charge in [-0.25, -0.2) is 4.79 Å². The van der Waals surface area contributed by atoms with Crippen molar-refractivity contribution in [3.63, 3.8) is 0 Å². The van der Waals surface area contributed by atoms with Crippen molar-refractivity contribution < 1.29 is 19.1 Å². The summed E-state index contributed by atoms with van der Waals surface area (Å²) in [7, 11) is 5.30. The summed E-state index contributed by atoms with van der Waals surface area (Å²) in [6.45, 7) is 3.36. The van der Waals surface area contributed by atoms with Gasteiger partial charge in [-0.2, -0.15) is 0 Å². The van der Waals surface area contributed by atoms with E-state index in [1.165, 1.54) is 7.11 Å². The molecule has 0 bridgehead atoms. The Labute approximate surface area is 229 Å². The average molecular weight is 527 g/mol. The minimum Gasteiger partial charge on any atom is -0.465 e. The van der Waals surface area contributed by atoms with Crippen LogP contribution in [0.2, 0.25) is 0 Å². The standard InChI is InChI=1S/C31H34N4O4/c1-5-9-27(36)35(19-18-34(2)3)24-15-13-23(14-16-24)32-29(21-10-7-6-8-11-21)28-25-17-12-22(31(38)39-4)20-26(25)33-30(28)37/h6-8,10-17,20,32H,5,9,18-19H2,1-4H3,(H,33,37). The number of esters is 1. The molecule has 1 aliphatic heterocycles. The lowest BCUT2D eigenvalue weighted by molar-refractivity contribution is -0.118. The van der Waals surface area contributed by atoms with E-state index in [2.05, 4.69) is 15.5 Å². The summed E-state index contributed by atoms with van der Waals surface area (Å²) < 4.78 is 4.82. The summed E-state index contributed by atoms with van der Waals surface area (Å²) in [6.07, 6.45) is 1.28. The van der Waals surface area contributed by atoms with Gasteiger partial charge >= 0.3 is 5.97 Å². The molecule has 1 heterocycles. The summed E-state index contributed by atoms with van der Waals surface area (Å²) in [5.74, 6) is -0.643. The molecule has 0 aliphatic carbocycles. The van der Waals surface area contributed by atoms with E-state index in [0.717, 1.165) is 29.9 Å². The Morgan fingerprint density at radius 1 is 0.923 bits per heavy atom. The van der Waals surface area contributed by atoms with E-state index in [-0.39, 0.29) is 11.8 Å². The van der Waals surface area contributed by atoms with Crippen LogP contribution in [0.4, 0.5) is 17.1 Å². The molecule has 8 nitrogen and oxygen atoms in total. The van der Waals surface area contributed by atoms with Crippen molar-refractivity contribution >= 4 is 46.1 Å². The number of ether oxygens (including phenoxy) is 1. The quantitative estimate of drug-likeness (QED) is 0.282. The molecule has 0 radical (unpaired) electrons. The van der Waals surface area contributed by atoms with Crippen LogP contribution in [0.5, 0.6) is 0 Å². The smallest absolute Gasteiger partial charge is 0.337 e. The molecule has 8 heteroatoms. The second kappa shape index (κ2) is 12.4. The molecule has 2 amide bonds. The van der Waals surface area contributed by atoms with Crippen LogP contribution in [-0.4, -0.2) is 57.0 Å². The number of carbonyl (C=O) groups excluding carboxylic acids is 3. The van der Waals surface area contributed by atoms with Crippen molar-refractivity contribution in [1.29, 1.82) is 0 Å². The van der Waals surface area contributed by atoms with Crippen molar-refractivity contribution in [1.82, 2.24) is 4.90 Å². The van der Waals surface area contributed by atoms with Gasteiger partial charge in [-0.05, 0) is 62.5 Å². The number of anilines is 3. The van der Waals surface area contributed by atoms with Gasteiger partial charge in [0.05, 0.1) is 29.6 Å². The van der Waals surface area contributed by atoms with E-state index in [9.17, 15) is 14.4 Å². The lowest BCUT2D eigenvalue weighted by Gasteiger charge is -2.25. The number of nitrogens with one attached hydrogen (secondary N) is 2. The van der Waals surface area contributed by atoms with Gasteiger partial charge in [0.25, 0.3) is 5.91 Å². The first kappa shape index (κ1) is 27.6. The number of hydrogen-bond acceptors (Lipinski definition) is 6. The van der Waals surface area contributed by atoms with E-state index >= 15 is 0 Å². The van der Waals surface area contributed by atoms with Crippen LogP contribution in [0.25, 0.3) is 11.3 Å². The number of fused-ring (bicyclic) bond motifs is 1. The van der Waals surface area contributed by atoms with Crippen molar-refractivity contribution in [3.8, 4) is 0 Å². The van der Waals surface area contributed by atoms with Crippen LogP contribution in [-0.2, 0) is 14.3 Å². The third kappa shape index (κ3) is 6.35. The van der Waals surface area contributed by atoms with E-state index in [0.29, 0.717) is 41.1 Å². The fourth-order valence-corrected chi connectivity index (χ4v) is 4.47. The Kier molecular flexibility index (Phi) is 8.78. The predicted octanol–water partition coefficient (Wildman–Crippen LogP) is 5.10. The molecule has 0 saturated carbocycles. The summed E-state index contributed by atoms with van der Waals surface area (Å²) >= 11 is 0. The predicted molar refractivity (Wildman–Crippen MR) is 156 cm³/mol. The maximum Gasteiger partial charge on any atom is 0.337 e. The largest absolute Gasteiger partial charge is 0.465 e. The Bertz CT molecular complexity index is 1380. The number of rotatable bonds is 10. The minimum absolute atomic E-state index is 0.0951. The number of hydrogen-bond donors (Lipinski definition) is 2. The third-order valence-electron chi connectivity index (χ3n) is 6.48. The molecule has 0 unspecified atom stereocenters. The Morgan fingerprint density at radius 2 is 1.64 bits per heavy atom.